The highest BCUT2D eigenvalue weighted by Crippen LogP contribution is 2.33. The molecule has 6 atom stereocenters. The standard InChI is InChI=1S/C8H15NO5/c10-2-3-6(12)8(14)5-7(13)4(11)1-9(3)5/h3-8,10-14H,1-2H2/t3-,4-,5?,6-,7+,8+/m0/s1. The van der Waals surface area contributed by atoms with Gasteiger partial charge in [-0.05, 0) is 0 Å². The van der Waals surface area contributed by atoms with Crippen molar-refractivity contribution in [3.05, 3.63) is 0 Å². The lowest BCUT2D eigenvalue weighted by Crippen LogP contribution is -2.41. The summed E-state index contributed by atoms with van der Waals surface area (Å²) in [5, 5.41) is 47.0. The molecule has 0 aromatic carbocycles. The van der Waals surface area contributed by atoms with Gasteiger partial charge >= 0.3 is 0 Å². The monoisotopic (exact) mass is 205 g/mol. The highest BCUT2D eigenvalue weighted by molar-refractivity contribution is 5.09. The third-order valence-electron chi connectivity index (χ3n) is 3.23. The number of hydrogen-bond acceptors (Lipinski definition) is 6. The van der Waals surface area contributed by atoms with E-state index in [0.29, 0.717) is 0 Å². The minimum Gasteiger partial charge on any atom is -0.395 e. The Balaban J connectivity index is 2.21. The molecule has 0 aromatic rings. The molecule has 5 N–H and O–H groups in total. The van der Waals surface area contributed by atoms with Crippen molar-refractivity contribution in [1.82, 2.24) is 4.90 Å². The molecule has 2 aliphatic heterocycles. The van der Waals surface area contributed by atoms with Gasteiger partial charge in [0.1, 0.15) is 0 Å². The number of hydrogen-bond donors (Lipinski definition) is 5. The molecule has 0 bridgehead atoms. The largest absolute Gasteiger partial charge is 0.395 e. The quantitative estimate of drug-likeness (QED) is 0.304. The molecule has 6 nitrogen and oxygen atoms in total. The summed E-state index contributed by atoms with van der Waals surface area (Å²) < 4.78 is 0. The Hall–Kier alpha value is -0.240. The molecule has 2 fully saturated rings. The van der Waals surface area contributed by atoms with Crippen LogP contribution >= 0.6 is 0 Å². The number of aliphatic hydroxyl groups excluding tert-OH is 5. The highest BCUT2D eigenvalue weighted by atomic mass is 16.4. The van der Waals surface area contributed by atoms with Crippen LogP contribution in [0.15, 0.2) is 0 Å². The van der Waals surface area contributed by atoms with Crippen LogP contribution in [0.5, 0.6) is 0 Å². The number of fused-ring (bicyclic) bond motifs is 1. The molecule has 0 aromatic heterocycles. The molecule has 2 aliphatic rings. The molecule has 2 heterocycles. The van der Waals surface area contributed by atoms with Gasteiger partial charge in [0, 0.05) is 6.54 Å². The number of nitrogens with zero attached hydrogens (tertiary/aromatic N) is 1. The van der Waals surface area contributed by atoms with E-state index in [9.17, 15) is 20.4 Å². The normalized spacial score (nSPS) is 53.8. The van der Waals surface area contributed by atoms with Gasteiger partial charge in [0.2, 0.25) is 0 Å². The van der Waals surface area contributed by atoms with E-state index in [-0.39, 0.29) is 13.2 Å². The lowest BCUT2D eigenvalue weighted by atomic mass is 10.0. The van der Waals surface area contributed by atoms with Gasteiger partial charge in [0.05, 0.1) is 43.1 Å². The van der Waals surface area contributed by atoms with Crippen LogP contribution in [0, 0.1) is 0 Å². The van der Waals surface area contributed by atoms with Gasteiger partial charge in [-0.3, -0.25) is 4.90 Å². The molecule has 82 valence electrons. The van der Waals surface area contributed by atoms with Crippen molar-refractivity contribution in [2.45, 2.75) is 36.5 Å². The van der Waals surface area contributed by atoms with Crippen LogP contribution in [0.25, 0.3) is 0 Å². The number of aliphatic hydroxyl groups is 5. The summed E-state index contributed by atoms with van der Waals surface area (Å²) in [6.45, 7) is -0.126. The van der Waals surface area contributed by atoms with E-state index in [4.69, 9.17) is 5.11 Å². The predicted molar refractivity (Wildman–Crippen MR) is 45.4 cm³/mol. The summed E-state index contributed by atoms with van der Waals surface area (Å²) in [5.74, 6) is 0. The average molecular weight is 205 g/mol. The SMILES string of the molecule is OC[C@H]1[C@H](O)[C@H](O)C2[C@H](O)[C@@H](O)CN21. The van der Waals surface area contributed by atoms with Gasteiger partial charge < -0.3 is 25.5 Å². The van der Waals surface area contributed by atoms with E-state index in [2.05, 4.69) is 0 Å². The average Bonchev–Trinajstić information content (AvgIpc) is 2.54. The molecular formula is C8H15NO5. The second-order valence-corrected chi connectivity index (χ2v) is 3.98. The topological polar surface area (TPSA) is 104 Å². The zero-order valence-corrected chi connectivity index (χ0v) is 7.56. The Morgan fingerprint density at radius 3 is 2.21 bits per heavy atom. The van der Waals surface area contributed by atoms with Gasteiger partial charge in [0.25, 0.3) is 0 Å². The van der Waals surface area contributed by atoms with Crippen molar-refractivity contribution < 1.29 is 25.5 Å². The van der Waals surface area contributed by atoms with Crippen LogP contribution in [0.3, 0.4) is 0 Å². The Bertz CT molecular complexity index is 226. The third kappa shape index (κ3) is 1.19. The lowest BCUT2D eigenvalue weighted by Gasteiger charge is -2.22. The van der Waals surface area contributed by atoms with E-state index >= 15 is 0 Å². The molecule has 14 heavy (non-hydrogen) atoms. The van der Waals surface area contributed by atoms with Crippen LogP contribution in [-0.4, -0.2) is 80.1 Å². The van der Waals surface area contributed by atoms with Gasteiger partial charge in [-0.1, -0.05) is 0 Å². The maximum atomic E-state index is 9.58. The Morgan fingerprint density at radius 1 is 1.00 bits per heavy atom. The first kappa shape index (κ1) is 10.3. The zero-order chi connectivity index (χ0) is 10.5. The van der Waals surface area contributed by atoms with Gasteiger partial charge in [-0.25, -0.2) is 0 Å². The van der Waals surface area contributed by atoms with E-state index in [1.807, 2.05) is 0 Å². The summed E-state index contributed by atoms with van der Waals surface area (Å²) in [6, 6.07) is -1.26. The molecule has 6 heteroatoms. The Labute approximate surface area is 81.0 Å². The van der Waals surface area contributed by atoms with E-state index in [0.717, 1.165) is 0 Å². The maximum absolute atomic E-state index is 9.58. The Kier molecular flexibility index (Phi) is 2.50. The summed E-state index contributed by atoms with van der Waals surface area (Å²) >= 11 is 0. The van der Waals surface area contributed by atoms with E-state index in [1.54, 1.807) is 4.90 Å². The second-order valence-electron chi connectivity index (χ2n) is 3.98. The molecule has 0 radical (unpaired) electrons. The fourth-order valence-corrected chi connectivity index (χ4v) is 2.46. The first-order valence-corrected chi connectivity index (χ1v) is 4.66. The molecule has 0 aliphatic carbocycles. The number of rotatable bonds is 1. The van der Waals surface area contributed by atoms with E-state index < -0.39 is 36.5 Å². The molecule has 1 unspecified atom stereocenters. The van der Waals surface area contributed by atoms with Gasteiger partial charge in [0.15, 0.2) is 0 Å². The Morgan fingerprint density at radius 2 is 1.64 bits per heavy atom. The first-order chi connectivity index (χ1) is 6.57. The molecule has 0 amide bonds. The molecule has 0 spiro atoms. The van der Waals surface area contributed by atoms with Crippen molar-refractivity contribution in [1.29, 1.82) is 0 Å². The van der Waals surface area contributed by atoms with Crippen LogP contribution in [0.4, 0.5) is 0 Å². The third-order valence-corrected chi connectivity index (χ3v) is 3.23. The minimum atomic E-state index is -1.11. The molecule has 2 rings (SSSR count). The summed E-state index contributed by atoms with van der Waals surface area (Å²) in [5.41, 5.74) is 0. The first-order valence-electron chi connectivity index (χ1n) is 4.66. The van der Waals surface area contributed by atoms with E-state index in [1.165, 1.54) is 0 Å². The maximum Gasteiger partial charge on any atom is 0.0996 e. The highest BCUT2D eigenvalue weighted by Gasteiger charge is 2.56. The smallest absolute Gasteiger partial charge is 0.0996 e. The van der Waals surface area contributed by atoms with Crippen molar-refractivity contribution in [3.63, 3.8) is 0 Å². The van der Waals surface area contributed by atoms with Crippen molar-refractivity contribution in [2.75, 3.05) is 13.2 Å². The second kappa shape index (κ2) is 3.41. The molecule has 2 saturated heterocycles. The van der Waals surface area contributed by atoms with Crippen LogP contribution in [-0.2, 0) is 0 Å². The predicted octanol–water partition coefficient (Wildman–Crippen LogP) is -3.51. The summed E-state index contributed by atoms with van der Waals surface area (Å²) in [7, 11) is 0. The van der Waals surface area contributed by atoms with Gasteiger partial charge in [-0.15, -0.1) is 0 Å². The van der Waals surface area contributed by atoms with Crippen molar-refractivity contribution in [3.8, 4) is 0 Å². The lowest BCUT2D eigenvalue weighted by molar-refractivity contribution is -0.0268. The fourth-order valence-electron chi connectivity index (χ4n) is 2.46. The van der Waals surface area contributed by atoms with Crippen LogP contribution in [0.1, 0.15) is 0 Å². The molecular weight excluding hydrogens is 190 g/mol. The minimum absolute atomic E-state index is 0.172. The van der Waals surface area contributed by atoms with Gasteiger partial charge in [-0.2, -0.15) is 0 Å². The van der Waals surface area contributed by atoms with Crippen molar-refractivity contribution >= 4 is 0 Å². The van der Waals surface area contributed by atoms with Crippen LogP contribution < -0.4 is 0 Å². The summed E-state index contributed by atoms with van der Waals surface area (Å²) in [4.78, 5) is 1.56. The van der Waals surface area contributed by atoms with Crippen molar-refractivity contribution in [2.24, 2.45) is 0 Å². The van der Waals surface area contributed by atoms with Crippen LogP contribution in [0.2, 0.25) is 0 Å². The fraction of sp³-hybridized carbons (Fsp3) is 1.00. The zero-order valence-electron chi connectivity index (χ0n) is 7.56. The molecule has 0 saturated carbocycles. The summed E-state index contributed by atoms with van der Waals surface area (Å²) in [6.07, 6.45) is -4.15.